The van der Waals surface area contributed by atoms with Crippen LogP contribution in [0.3, 0.4) is 0 Å². The summed E-state index contributed by atoms with van der Waals surface area (Å²) in [5.74, 6) is -0.915. The average Bonchev–Trinajstić information content (AvgIpc) is 2.16. The standard InChI is InChI=1S/C9H9F2NO3/c1-15-7-4-12-6(9(10)11)2-5(7)3-8(13)14/h2,4,9H,3H2,1H3,(H,13,14). The molecule has 0 amide bonds. The van der Waals surface area contributed by atoms with E-state index in [-0.39, 0.29) is 17.7 Å². The zero-order chi connectivity index (χ0) is 11.4. The van der Waals surface area contributed by atoms with Crippen LogP contribution in [0.2, 0.25) is 0 Å². The van der Waals surface area contributed by atoms with Crippen LogP contribution in [0.1, 0.15) is 17.7 Å². The fraction of sp³-hybridized carbons (Fsp3) is 0.333. The number of carbonyl (C=O) groups is 1. The van der Waals surface area contributed by atoms with E-state index >= 15 is 0 Å². The van der Waals surface area contributed by atoms with Gasteiger partial charge >= 0.3 is 5.97 Å². The maximum Gasteiger partial charge on any atom is 0.307 e. The molecule has 0 radical (unpaired) electrons. The van der Waals surface area contributed by atoms with E-state index in [2.05, 4.69) is 4.98 Å². The first-order valence-electron chi connectivity index (χ1n) is 4.07. The lowest BCUT2D eigenvalue weighted by Crippen LogP contribution is -2.04. The number of pyridine rings is 1. The van der Waals surface area contributed by atoms with Crippen molar-refractivity contribution in [2.24, 2.45) is 0 Å². The fourth-order valence-electron chi connectivity index (χ4n) is 1.11. The number of methoxy groups -OCH3 is 1. The molecular weight excluding hydrogens is 208 g/mol. The monoisotopic (exact) mass is 217 g/mol. The summed E-state index contributed by atoms with van der Waals surface area (Å²) in [5.41, 5.74) is -0.262. The molecule has 0 saturated carbocycles. The normalized spacial score (nSPS) is 10.4. The van der Waals surface area contributed by atoms with Crippen LogP contribution < -0.4 is 4.74 Å². The van der Waals surface area contributed by atoms with Crippen LogP contribution in [-0.2, 0) is 11.2 Å². The quantitative estimate of drug-likeness (QED) is 0.833. The van der Waals surface area contributed by atoms with Crippen LogP contribution >= 0.6 is 0 Å². The minimum atomic E-state index is -2.72. The van der Waals surface area contributed by atoms with Gasteiger partial charge in [-0.05, 0) is 6.07 Å². The second kappa shape index (κ2) is 4.68. The molecule has 0 aliphatic carbocycles. The summed E-state index contributed by atoms with van der Waals surface area (Å²) in [4.78, 5) is 13.9. The van der Waals surface area contributed by atoms with Gasteiger partial charge in [0, 0.05) is 5.56 Å². The molecule has 0 saturated heterocycles. The summed E-state index contributed by atoms with van der Waals surface area (Å²) in [6.07, 6.45) is -1.99. The SMILES string of the molecule is COc1cnc(C(F)F)cc1CC(=O)O. The number of aromatic nitrogens is 1. The Kier molecular flexibility index (Phi) is 3.54. The molecule has 1 aromatic heterocycles. The highest BCUT2D eigenvalue weighted by atomic mass is 19.3. The van der Waals surface area contributed by atoms with Crippen LogP contribution in [0.4, 0.5) is 8.78 Å². The van der Waals surface area contributed by atoms with Gasteiger partial charge in [-0.1, -0.05) is 0 Å². The van der Waals surface area contributed by atoms with Crippen LogP contribution in [-0.4, -0.2) is 23.2 Å². The van der Waals surface area contributed by atoms with Gasteiger partial charge in [-0.25, -0.2) is 8.78 Å². The number of hydrogen-bond acceptors (Lipinski definition) is 3. The van der Waals surface area contributed by atoms with E-state index < -0.39 is 18.1 Å². The maximum absolute atomic E-state index is 12.3. The lowest BCUT2D eigenvalue weighted by Gasteiger charge is -2.07. The number of nitrogens with zero attached hydrogens (tertiary/aromatic N) is 1. The van der Waals surface area contributed by atoms with Gasteiger partial charge in [0.25, 0.3) is 6.43 Å². The first-order valence-corrected chi connectivity index (χ1v) is 4.07. The van der Waals surface area contributed by atoms with Crippen molar-refractivity contribution in [2.75, 3.05) is 7.11 Å². The molecule has 0 bridgehead atoms. The van der Waals surface area contributed by atoms with Gasteiger partial charge in [-0.15, -0.1) is 0 Å². The summed E-state index contributed by atoms with van der Waals surface area (Å²) in [6, 6.07) is 1.04. The van der Waals surface area contributed by atoms with E-state index in [4.69, 9.17) is 9.84 Å². The molecule has 1 rings (SSSR count). The van der Waals surface area contributed by atoms with E-state index in [1.54, 1.807) is 0 Å². The van der Waals surface area contributed by atoms with Crippen LogP contribution in [0.5, 0.6) is 5.75 Å². The number of hydrogen-bond donors (Lipinski definition) is 1. The van der Waals surface area contributed by atoms with Crippen LogP contribution in [0, 0.1) is 0 Å². The molecule has 1 aromatic rings. The van der Waals surface area contributed by atoms with Crippen molar-refractivity contribution < 1.29 is 23.4 Å². The summed E-state index contributed by atoms with van der Waals surface area (Å²) in [5, 5.41) is 8.55. The van der Waals surface area contributed by atoms with Gasteiger partial charge in [0.2, 0.25) is 0 Å². The molecular formula is C9H9F2NO3. The van der Waals surface area contributed by atoms with Gasteiger partial charge in [-0.2, -0.15) is 0 Å². The second-order valence-corrected chi connectivity index (χ2v) is 2.79. The third-order valence-electron chi connectivity index (χ3n) is 1.75. The largest absolute Gasteiger partial charge is 0.495 e. The van der Waals surface area contributed by atoms with Crippen molar-refractivity contribution in [1.29, 1.82) is 0 Å². The minimum absolute atomic E-state index is 0.190. The molecule has 1 N–H and O–H groups in total. The molecule has 0 atom stereocenters. The van der Waals surface area contributed by atoms with Crippen molar-refractivity contribution in [3.05, 3.63) is 23.5 Å². The first kappa shape index (κ1) is 11.4. The van der Waals surface area contributed by atoms with E-state index in [0.29, 0.717) is 0 Å². The predicted octanol–water partition coefficient (Wildman–Crippen LogP) is 1.65. The number of ether oxygens (including phenoxy) is 1. The molecule has 0 unspecified atom stereocenters. The van der Waals surface area contributed by atoms with Gasteiger partial charge in [0.05, 0.1) is 19.7 Å². The molecule has 0 aromatic carbocycles. The second-order valence-electron chi connectivity index (χ2n) is 2.79. The molecule has 1 heterocycles. The Morgan fingerprint density at radius 3 is 2.80 bits per heavy atom. The fourth-order valence-corrected chi connectivity index (χ4v) is 1.11. The zero-order valence-electron chi connectivity index (χ0n) is 7.91. The van der Waals surface area contributed by atoms with Crippen molar-refractivity contribution in [2.45, 2.75) is 12.8 Å². The molecule has 0 spiro atoms. The zero-order valence-corrected chi connectivity index (χ0v) is 7.91. The minimum Gasteiger partial charge on any atom is -0.495 e. The Morgan fingerprint density at radius 1 is 1.67 bits per heavy atom. The maximum atomic E-state index is 12.3. The Bertz CT molecular complexity index is 368. The highest BCUT2D eigenvalue weighted by Crippen LogP contribution is 2.23. The van der Waals surface area contributed by atoms with Gasteiger partial charge < -0.3 is 9.84 Å². The molecule has 15 heavy (non-hydrogen) atoms. The number of carboxylic acids is 1. The molecule has 6 heteroatoms. The van der Waals surface area contributed by atoms with Gasteiger partial charge in [-0.3, -0.25) is 9.78 Å². The van der Waals surface area contributed by atoms with Crippen LogP contribution in [0.15, 0.2) is 12.3 Å². The summed E-state index contributed by atoms with van der Waals surface area (Å²) in [6.45, 7) is 0. The third-order valence-corrected chi connectivity index (χ3v) is 1.75. The molecule has 0 aliphatic heterocycles. The van der Waals surface area contributed by atoms with E-state index in [1.807, 2.05) is 0 Å². The van der Waals surface area contributed by atoms with Gasteiger partial charge in [0.15, 0.2) is 0 Å². The van der Waals surface area contributed by atoms with Crippen molar-refractivity contribution in [3.8, 4) is 5.75 Å². The number of halogens is 2. The molecule has 4 nitrogen and oxygen atoms in total. The third kappa shape index (κ3) is 2.87. The van der Waals surface area contributed by atoms with Crippen LogP contribution in [0.25, 0.3) is 0 Å². The highest BCUT2D eigenvalue weighted by molar-refractivity contribution is 5.71. The molecule has 0 fully saturated rings. The van der Waals surface area contributed by atoms with Crippen molar-refractivity contribution in [1.82, 2.24) is 4.98 Å². The topological polar surface area (TPSA) is 59.4 Å². The highest BCUT2D eigenvalue weighted by Gasteiger charge is 2.14. The predicted molar refractivity (Wildman–Crippen MR) is 47.1 cm³/mol. The molecule has 0 aliphatic rings. The van der Waals surface area contributed by atoms with E-state index in [9.17, 15) is 13.6 Å². The Labute approximate surface area is 84.5 Å². The van der Waals surface area contributed by atoms with E-state index in [0.717, 1.165) is 12.3 Å². The Balaban J connectivity index is 3.07. The van der Waals surface area contributed by atoms with Crippen molar-refractivity contribution in [3.63, 3.8) is 0 Å². The molecule has 82 valence electrons. The van der Waals surface area contributed by atoms with Crippen molar-refractivity contribution >= 4 is 5.97 Å². The first-order chi connectivity index (χ1) is 7.04. The smallest absolute Gasteiger partial charge is 0.307 e. The van der Waals surface area contributed by atoms with E-state index in [1.165, 1.54) is 7.11 Å². The van der Waals surface area contributed by atoms with Gasteiger partial charge in [0.1, 0.15) is 11.4 Å². The average molecular weight is 217 g/mol. The number of alkyl halides is 2. The Morgan fingerprint density at radius 2 is 2.33 bits per heavy atom. The summed E-state index contributed by atoms with van der Waals surface area (Å²) < 4.78 is 29.3. The Hall–Kier alpha value is -1.72. The number of carboxylic acid groups (broad SMARTS) is 1. The summed E-state index contributed by atoms with van der Waals surface area (Å²) >= 11 is 0. The lowest BCUT2D eigenvalue weighted by atomic mass is 10.1. The summed E-state index contributed by atoms with van der Waals surface area (Å²) in [7, 11) is 1.32. The lowest BCUT2D eigenvalue weighted by molar-refractivity contribution is -0.136. The number of rotatable bonds is 4. The number of aliphatic carboxylic acids is 1.